The fourth-order valence-corrected chi connectivity index (χ4v) is 7.71. The number of halogens is 1. The van der Waals surface area contributed by atoms with Crippen LogP contribution in [0, 0.1) is 5.82 Å². The molecule has 1 aliphatic carbocycles. The Balaban J connectivity index is 1.04. The Morgan fingerprint density at radius 2 is 1.44 bits per heavy atom. The number of ether oxygens (including phenoxy) is 2. The molecule has 0 spiro atoms. The summed E-state index contributed by atoms with van der Waals surface area (Å²) in [5, 5.41) is 18.1. The van der Waals surface area contributed by atoms with E-state index in [4.69, 9.17) is 9.47 Å². The molecule has 8 nitrogen and oxygen atoms in total. The molecule has 1 aliphatic rings. The maximum absolute atomic E-state index is 13.2. The number of sulfone groups is 1. The van der Waals surface area contributed by atoms with Crippen LogP contribution in [0.3, 0.4) is 0 Å². The first-order valence-electron chi connectivity index (χ1n) is 18.3. The van der Waals surface area contributed by atoms with Crippen LogP contribution in [0.25, 0.3) is 0 Å². The van der Waals surface area contributed by atoms with Crippen LogP contribution in [0.1, 0.15) is 64.2 Å². The van der Waals surface area contributed by atoms with Gasteiger partial charge in [-0.05, 0) is 96.7 Å². The van der Waals surface area contributed by atoms with Gasteiger partial charge in [0.25, 0.3) is 5.91 Å². The number of amides is 1. The molecule has 5 aromatic rings. The first-order valence-corrected chi connectivity index (χ1v) is 20.2. The average Bonchev–Trinajstić information content (AvgIpc) is 3.19. The van der Waals surface area contributed by atoms with Crippen LogP contribution in [0.15, 0.2) is 132 Å². The van der Waals surface area contributed by atoms with Crippen LogP contribution in [0.2, 0.25) is 0 Å². The zero-order chi connectivity index (χ0) is 37.9. The van der Waals surface area contributed by atoms with Gasteiger partial charge < -0.3 is 25.2 Å². The summed E-state index contributed by atoms with van der Waals surface area (Å²) < 4.78 is 50.5. The van der Waals surface area contributed by atoms with Gasteiger partial charge in [-0.1, -0.05) is 84.9 Å². The van der Waals surface area contributed by atoms with Crippen molar-refractivity contribution in [3.63, 3.8) is 0 Å². The number of rotatable bonds is 16. The zero-order valence-electron chi connectivity index (χ0n) is 30.4. The lowest BCUT2D eigenvalue weighted by Gasteiger charge is -2.34. The van der Waals surface area contributed by atoms with E-state index in [-0.39, 0.29) is 47.7 Å². The normalized spacial score (nSPS) is 16.9. The number of benzene rings is 5. The number of aliphatic hydroxyl groups is 1. The Morgan fingerprint density at radius 1 is 0.796 bits per heavy atom. The molecule has 282 valence electrons. The topological polar surface area (TPSA) is 114 Å². The third kappa shape index (κ3) is 11.0. The summed E-state index contributed by atoms with van der Waals surface area (Å²) in [6, 6.07) is 38.0. The summed E-state index contributed by atoms with van der Waals surface area (Å²) >= 11 is 0. The molecule has 1 unspecified atom stereocenters. The fourth-order valence-electron chi connectivity index (χ4n) is 6.88. The highest BCUT2D eigenvalue weighted by molar-refractivity contribution is 7.90. The summed E-state index contributed by atoms with van der Waals surface area (Å²) in [5.74, 6) is 0.456. The molecule has 0 heterocycles. The van der Waals surface area contributed by atoms with Crippen LogP contribution in [0.4, 0.5) is 4.39 Å². The van der Waals surface area contributed by atoms with Gasteiger partial charge >= 0.3 is 0 Å². The summed E-state index contributed by atoms with van der Waals surface area (Å²) in [6.07, 6.45) is 4.63. The Bertz CT molecular complexity index is 2050. The first kappa shape index (κ1) is 38.7. The Hall–Kier alpha value is -5.03. The van der Waals surface area contributed by atoms with E-state index >= 15 is 0 Å². The van der Waals surface area contributed by atoms with E-state index in [1.54, 1.807) is 24.3 Å². The third-order valence-electron chi connectivity index (χ3n) is 9.92. The number of hydrogen-bond donors (Lipinski definition) is 3. The molecule has 1 amide bonds. The fraction of sp³-hybridized carbons (Fsp3) is 0.295. The van der Waals surface area contributed by atoms with Crippen molar-refractivity contribution in [2.75, 3.05) is 12.9 Å². The highest BCUT2D eigenvalue weighted by atomic mass is 32.2. The number of aliphatic hydroxyl groups excluding tert-OH is 1. The molecule has 0 radical (unpaired) electrons. The SMILES string of the molecule is CS(=O)(=O)c1cc(OC[C@@H](O)C(Cc2ccccc2)NC2CCC(c3ccc(C(=O)NCc4ccc(F)cc4)cc3)CC2)ccc1OCc1ccccc1. The van der Waals surface area contributed by atoms with Gasteiger partial charge in [-0.2, -0.15) is 0 Å². The minimum atomic E-state index is -3.63. The van der Waals surface area contributed by atoms with Crippen LogP contribution in [-0.4, -0.2) is 50.5 Å². The van der Waals surface area contributed by atoms with Gasteiger partial charge in [0.1, 0.15) is 41.5 Å². The van der Waals surface area contributed by atoms with Gasteiger partial charge in [0.15, 0.2) is 9.84 Å². The van der Waals surface area contributed by atoms with Crippen molar-refractivity contribution in [1.29, 1.82) is 0 Å². The summed E-state index contributed by atoms with van der Waals surface area (Å²) in [7, 11) is -3.63. The second-order valence-electron chi connectivity index (χ2n) is 14.0. The van der Waals surface area contributed by atoms with Gasteiger partial charge in [-0.15, -0.1) is 0 Å². The van der Waals surface area contributed by atoms with E-state index in [9.17, 15) is 22.7 Å². The van der Waals surface area contributed by atoms with Crippen molar-refractivity contribution in [1.82, 2.24) is 10.6 Å². The Labute approximate surface area is 317 Å². The molecule has 6 rings (SSSR count). The van der Waals surface area contributed by atoms with E-state index in [0.717, 1.165) is 48.6 Å². The van der Waals surface area contributed by atoms with Crippen molar-refractivity contribution in [2.45, 2.75) is 74.3 Å². The maximum Gasteiger partial charge on any atom is 0.251 e. The quantitative estimate of drug-likeness (QED) is 0.0964. The van der Waals surface area contributed by atoms with Crippen molar-refractivity contribution in [3.8, 4) is 11.5 Å². The number of carbonyl (C=O) groups excluding carboxylic acids is 1. The standard InChI is InChI=1S/C44H47FN2O6S/c1-54(50,51)43-27-39(24-25-42(43)53-29-33-10-6-3-7-11-33)52-30-41(48)40(26-31-8-4-2-5-9-31)47-38-22-18-35(19-23-38)34-14-16-36(17-15-34)44(49)46-28-32-12-20-37(45)21-13-32/h2-17,20-21,24-25,27,35,38,40-41,47-48H,18-19,22-23,26,28-30H2,1H3,(H,46,49)/t35?,38?,40?,41-/m1/s1. The molecular formula is C44H47FN2O6S. The van der Waals surface area contributed by atoms with Crippen molar-refractivity contribution < 1.29 is 32.2 Å². The van der Waals surface area contributed by atoms with Gasteiger partial charge in [-0.25, -0.2) is 12.8 Å². The molecule has 5 aromatic carbocycles. The van der Waals surface area contributed by atoms with Gasteiger partial charge in [-0.3, -0.25) is 4.79 Å². The molecule has 0 aliphatic heterocycles. The zero-order valence-corrected chi connectivity index (χ0v) is 31.2. The van der Waals surface area contributed by atoms with Gasteiger partial charge in [0.2, 0.25) is 0 Å². The van der Waals surface area contributed by atoms with Crippen molar-refractivity contribution >= 4 is 15.7 Å². The highest BCUT2D eigenvalue weighted by Crippen LogP contribution is 2.34. The minimum absolute atomic E-state index is 0.0286. The van der Waals surface area contributed by atoms with E-state index in [0.29, 0.717) is 30.2 Å². The van der Waals surface area contributed by atoms with Crippen LogP contribution in [-0.2, 0) is 29.4 Å². The lowest BCUT2D eigenvalue weighted by molar-refractivity contribution is 0.0658. The average molecular weight is 751 g/mol. The summed E-state index contributed by atoms with van der Waals surface area (Å²) in [5.41, 5.74) is 4.61. The molecule has 10 heteroatoms. The van der Waals surface area contributed by atoms with Crippen LogP contribution >= 0.6 is 0 Å². The molecule has 2 atom stereocenters. The second kappa shape index (κ2) is 18.3. The maximum atomic E-state index is 13.2. The highest BCUT2D eigenvalue weighted by Gasteiger charge is 2.28. The van der Waals surface area contributed by atoms with Gasteiger partial charge in [0, 0.05) is 36.5 Å². The largest absolute Gasteiger partial charge is 0.491 e. The number of carbonyl (C=O) groups is 1. The third-order valence-corrected chi connectivity index (χ3v) is 11.0. The molecule has 54 heavy (non-hydrogen) atoms. The van der Waals surface area contributed by atoms with E-state index in [1.807, 2.05) is 84.9 Å². The first-order chi connectivity index (χ1) is 26.1. The molecule has 1 fully saturated rings. The van der Waals surface area contributed by atoms with Crippen molar-refractivity contribution in [3.05, 3.63) is 161 Å². The second-order valence-corrected chi connectivity index (χ2v) is 16.0. The van der Waals surface area contributed by atoms with Crippen LogP contribution < -0.4 is 20.1 Å². The number of hydrogen-bond acceptors (Lipinski definition) is 7. The molecule has 1 saturated carbocycles. The minimum Gasteiger partial charge on any atom is -0.491 e. The van der Waals surface area contributed by atoms with E-state index in [2.05, 4.69) is 10.6 Å². The molecule has 0 bridgehead atoms. The molecule has 3 N–H and O–H groups in total. The predicted molar refractivity (Wildman–Crippen MR) is 208 cm³/mol. The molecule has 0 aromatic heterocycles. The summed E-state index contributed by atoms with van der Waals surface area (Å²) in [4.78, 5) is 12.7. The lowest BCUT2D eigenvalue weighted by Crippen LogP contribution is -2.49. The lowest BCUT2D eigenvalue weighted by atomic mass is 9.81. The van der Waals surface area contributed by atoms with E-state index in [1.165, 1.54) is 23.8 Å². The molecular weight excluding hydrogens is 704 g/mol. The molecule has 0 saturated heterocycles. The smallest absolute Gasteiger partial charge is 0.251 e. The monoisotopic (exact) mass is 750 g/mol. The van der Waals surface area contributed by atoms with Crippen molar-refractivity contribution in [2.24, 2.45) is 0 Å². The summed E-state index contributed by atoms with van der Waals surface area (Å²) in [6.45, 7) is 0.520. The van der Waals surface area contributed by atoms with E-state index < -0.39 is 15.9 Å². The predicted octanol–water partition coefficient (Wildman–Crippen LogP) is 7.41. The van der Waals surface area contributed by atoms with Crippen LogP contribution in [0.5, 0.6) is 11.5 Å². The Kier molecular flexibility index (Phi) is 13.1. The Morgan fingerprint density at radius 3 is 2.09 bits per heavy atom. The van der Waals surface area contributed by atoms with Gasteiger partial charge in [0.05, 0.1) is 0 Å². The number of nitrogens with one attached hydrogen (secondary N) is 2.